The number of halogens is 1. The normalized spacial score (nSPS) is 28.2. The number of aldehydes is 1. The molecule has 4 aliphatic rings. The van der Waals surface area contributed by atoms with E-state index in [0.29, 0.717) is 10.7 Å². The summed E-state index contributed by atoms with van der Waals surface area (Å²) in [4.78, 5) is 41.5. The molecule has 1 aliphatic heterocycles. The molecule has 2 bridgehead atoms. The molecule has 1 fully saturated rings. The molecule has 5 heteroatoms. The van der Waals surface area contributed by atoms with E-state index in [1.54, 1.807) is 24.3 Å². The molecule has 1 heterocycles. The third kappa shape index (κ3) is 1.90. The fourth-order valence-corrected chi connectivity index (χ4v) is 6.08. The molecule has 3 aromatic carbocycles. The predicted octanol–water partition coefficient (Wildman–Crippen LogP) is 4.09. The van der Waals surface area contributed by atoms with Crippen LogP contribution in [0.5, 0.6) is 0 Å². The van der Waals surface area contributed by atoms with Crippen LogP contribution in [0.3, 0.4) is 0 Å². The Bertz CT molecular complexity index is 1220. The van der Waals surface area contributed by atoms with E-state index in [1.807, 2.05) is 48.5 Å². The number of benzene rings is 3. The van der Waals surface area contributed by atoms with Crippen LogP contribution in [0.15, 0.2) is 72.8 Å². The van der Waals surface area contributed by atoms with Gasteiger partial charge in [-0.05, 0) is 40.5 Å². The summed E-state index contributed by atoms with van der Waals surface area (Å²) in [7, 11) is 0. The number of imide groups is 1. The van der Waals surface area contributed by atoms with Gasteiger partial charge in [-0.2, -0.15) is 0 Å². The number of hydrogen-bond acceptors (Lipinski definition) is 3. The molecular formula is C25H16ClNO3. The van der Waals surface area contributed by atoms with Crippen molar-refractivity contribution in [3.63, 3.8) is 0 Å². The molecule has 0 aromatic heterocycles. The second-order valence-electron chi connectivity index (χ2n) is 8.13. The van der Waals surface area contributed by atoms with Crippen molar-refractivity contribution in [3.8, 4) is 0 Å². The van der Waals surface area contributed by atoms with Crippen molar-refractivity contribution >= 4 is 35.4 Å². The van der Waals surface area contributed by atoms with E-state index in [-0.39, 0.29) is 17.7 Å². The summed E-state index contributed by atoms with van der Waals surface area (Å²) < 4.78 is 0. The summed E-state index contributed by atoms with van der Waals surface area (Å²) in [6, 6.07) is 22.1. The maximum atomic E-state index is 13.7. The minimum absolute atomic E-state index is 0.259. The average Bonchev–Trinajstić information content (AvgIpc) is 3.05. The monoisotopic (exact) mass is 413 g/mol. The highest BCUT2D eigenvalue weighted by atomic mass is 35.5. The number of nitrogens with zero attached hydrogens (tertiary/aromatic N) is 1. The van der Waals surface area contributed by atoms with Crippen molar-refractivity contribution < 1.29 is 14.4 Å². The van der Waals surface area contributed by atoms with Gasteiger partial charge in [0, 0.05) is 10.9 Å². The van der Waals surface area contributed by atoms with Crippen LogP contribution in [0.25, 0.3) is 0 Å². The molecule has 146 valence electrons. The summed E-state index contributed by atoms with van der Waals surface area (Å²) >= 11 is 6.14. The SMILES string of the molecule is O=CC12c3ccccc3C(c3ccccc31)[C@@H]1C(=O)N(c3cccc(Cl)c3)C(=O)[C@@H]12. The second kappa shape index (κ2) is 5.89. The zero-order valence-electron chi connectivity index (χ0n) is 15.8. The highest BCUT2D eigenvalue weighted by Crippen LogP contribution is 2.63. The lowest BCUT2D eigenvalue weighted by Gasteiger charge is -2.51. The number of hydrogen-bond donors (Lipinski definition) is 0. The standard InChI is InChI=1S/C25H16ClNO3/c26-14-6-5-7-15(12-14)27-23(29)21-20-16-8-1-3-10-18(16)25(13-28,22(21)24(27)30)19-11-4-2-9-17(19)20/h1-13,20-22H/t20?,21-,22+,25?/m0/s1. The van der Waals surface area contributed by atoms with Crippen LogP contribution in [0.1, 0.15) is 28.2 Å². The molecular weight excluding hydrogens is 398 g/mol. The van der Waals surface area contributed by atoms with E-state index in [2.05, 4.69) is 0 Å². The lowest BCUT2D eigenvalue weighted by molar-refractivity contribution is -0.128. The van der Waals surface area contributed by atoms with Gasteiger partial charge in [-0.1, -0.05) is 66.2 Å². The highest BCUT2D eigenvalue weighted by Gasteiger charge is 2.68. The molecule has 7 rings (SSSR count). The van der Waals surface area contributed by atoms with Gasteiger partial charge in [-0.15, -0.1) is 0 Å². The quantitative estimate of drug-likeness (QED) is 0.469. The van der Waals surface area contributed by atoms with Crippen LogP contribution < -0.4 is 4.90 Å². The van der Waals surface area contributed by atoms with Crippen molar-refractivity contribution in [2.24, 2.45) is 11.8 Å². The summed E-state index contributed by atoms with van der Waals surface area (Å²) in [5, 5.41) is 0.447. The van der Waals surface area contributed by atoms with Crippen LogP contribution >= 0.6 is 11.6 Å². The maximum Gasteiger partial charge on any atom is 0.239 e. The van der Waals surface area contributed by atoms with E-state index in [9.17, 15) is 14.4 Å². The van der Waals surface area contributed by atoms with Gasteiger partial charge in [0.25, 0.3) is 0 Å². The number of carbonyl (C=O) groups is 3. The Hall–Kier alpha value is -3.24. The van der Waals surface area contributed by atoms with E-state index in [0.717, 1.165) is 28.5 Å². The Labute approximate surface area is 178 Å². The Morgan fingerprint density at radius 3 is 2.07 bits per heavy atom. The third-order valence-electron chi connectivity index (χ3n) is 6.94. The first kappa shape index (κ1) is 17.6. The van der Waals surface area contributed by atoms with Crippen LogP contribution in [0.4, 0.5) is 5.69 Å². The maximum absolute atomic E-state index is 13.7. The van der Waals surface area contributed by atoms with E-state index >= 15 is 0 Å². The topological polar surface area (TPSA) is 54.5 Å². The summed E-state index contributed by atoms with van der Waals surface area (Å²) in [6.45, 7) is 0. The lowest BCUT2D eigenvalue weighted by atomic mass is 9.48. The van der Waals surface area contributed by atoms with Gasteiger partial charge >= 0.3 is 0 Å². The van der Waals surface area contributed by atoms with Crippen LogP contribution in [-0.2, 0) is 19.8 Å². The van der Waals surface area contributed by atoms with Crippen molar-refractivity contribution in [1.82, 2.24) is 0 Å². The molecule has 0 N–H and O–H groups in total. The zero-order chi connectivity index (χ0) is 20.6. The fraction of sp³-hybridized carbons (Fsp3) is 0.160. The third-order valence-corrected chi connectivity index (χ3v) is 7.17. The molecule has 4 nitrogen and oxygen atoms in total. The van der Waals surface area contributed by atoms with Crippen molar-refractivity contribution in [2.45, 2.75) is 11.3 Å². The zero-order valence-corrected chi connectivity index (χ0v) is 16.5. The fourth-order valence-electron chi connectivity index (χ4n) is 5.90. The van der Waals surface area contributed by atoms with Crippen molar-refractivity contribution in [2.75, 3.05) is 4.90 Å². The van der Waals surface area contributed by atoms with Crippen molar-refractivity contribution in [3.05, 3.63) is 100 Å². The molecule has 0 radical (unpaired) electrons. The number of carbonyl (C=O) groups excluding carboxylic acids is 3. The van der Waals surface area contributed by atoms with Crippen LogP contribution in [0, 0.1) is 11.8 Å². The number of rotatable bonds is 2. The molecule has 0 unspecified atom stereocenters. The van der Waals surface area contributed by atoms with Gasteiger partial charge in [-0.25, -0.2) is 4.90 Å². The number of anilines is 1. The van der Waals surface area contributed by atoms with E-state index < -0.39 is 17.3 Å². The predicted molar refractivity (Wildman–Crippen MR) is 112 cm³/mol. The number of amides is 2. The minimum Gasteiger partial charge on any atom is -0.302 e. The smallest absolute Gasteiger partial charge is 0.239 e. The Morgan fingerprint density at radius 2 is 1.47 bits per heavy atom. The second-order valence-corrected chi connectivity index (χ2v) is 8.57. The first-order valence-electron chi connectivity index (χ1n) is 9.88. The summed E-state index contributed by atoms with van der Waals surface area (Å²) in [5.41, 5.74) is 2.85. The molecule has 1 saturated heterocycles. The van der Waals surface area contributed by atoms with Gasteiger partial charge in [0.2, 0.25) is 11.8 Å². The van der Waals surface area contributed by atoms with E-state index in [1.165, 1.54) is 4.90 Å². The van der Waals surface area contributed by atoms with Crippen molar-refractivity contribution in [1.29, 1.82) is 0 Å². The largest absolute Gasteiger partial charge is 0.302 e. The van der Waals surface area contributed by atoms with E-state index in [4.69, 9.17) is 11.6 Å². The molecule has 0 saturated carbocycles. The molecule has 2 atom stereocenters. The van der Waals surface area contributed by atoms with Crippen LogP contribution in [0.2, 0.25) is 5.02 Å². The van der Waals surface area contributed by atoms with Gasteiger partial charge < -0.3 is 4.79 Å². The Kier molecular flexibility index (Phi) is 3.46. The Balaban J connectivity index is 1.66. The summed E-state index contributed by atoms with van der Waals surface area (Å²) in [6.07, 6.45) is 0.879. The van der Waals surface area contributed by atoms with Gasteiger partial charge in [0.05, 0.1) is 22.9 Å². The van der Waals surface area contributed by atoms with Gasteiger partial charge in [-0.3, -0.25) is 9.59 Å². The first-order chi connectivity index (χ1) is 14.6. The van der Waals surface area contributed by atoms with Crippen LogP contribution in [-0.4, -0.2) is 18.1 Å². The molecule has 30 heavy (non-hydrogen) atoms. The highest BCUT2D eigenvalue weighted by molar-refractivity contribution is 6.31. The molecule has 0 spiro atoms. The minimum atomic E-state index is -1.17. The molecule has 3 aliphatic carbocycles. The van der Waals surface area contributed by atoms with Gasteiger partial charge in [0.15, 0.2) is 0 Å². The average molecular weight is 414 g/mol. The summed E-state index contributed by atoms with van der Waals surface area (Å²) in [5.74, 6) is -2.26. The molecule has 2 amide bonds. The van der Waals surface area contributed by atoms with Gasteiger partial charge in [0.1, 0.15) is 6.29 Å². The lowest BCUT2D eigenvalue weighted by Crippen LogP contribution is -2.54. The molecule has 3 aromatic rings. The Morgan fingerprint density at radius 1 is 0.833 bits per heavy atom. The first-order valence-corrected chi connectivity index (χ1v) is 10.3.